The van der Waals surface area contributed by atoms with Crippen LogP contribution in [-0.2, 0) is 0 Å². The third-order valence-corrected chi connectivity index (χ3v) is 6.53. The van der Waals surface area contributed by atoms with Crippen LogP contribution in [0.5, 0.6) is 0 Å². The first kappa shape index (κ1) is 18.1. The Hall–Kier alpha value is -2.92. The van der Waals surface area contributed by atoms with E-state index < -0.39 is 0 Å². The molecule has 1 fully saturated rings. The highest BCUT2D eigenvalue weighted by Gasteiger charge is 2.16. The lowest BCUT2D eigenvalue weighted by Gasteiger charge is -2.18. The predicted molar refractivity (Wildman–Crippen MR) is 123 cm³/mol. The van der Waals surface area contributed by atoms with Crippen molar-refractivity contribution in [3.8, 4) is 11.1 Å². The molecule has 0 amide bonds. The van der Waals surface area contributed by atoms with Crippen molar-refractivity contribution >= 4 is 38.7 Å². The summed E-state index contributed by atoms with van der Waals surface area (Å²) in [5.74, 6) is 0.861. The highest BCUT2D eigenvalue weighted by molar-refractivity contribution is 7.17. The molecule has 0 atom stereocenters. The topological polar surface area (TPSA) is 41.1 Å². The molecule has 29 heavy (non-hydrogen) atoms. The van der Waals surface area contributed by atoms with E-state index in [0.717, 1.165) is 34.8 Å². The molecule has 0 aliphatic carbocycles. The Labute approximate surface area is 175 Å². The van der Waals surface area contributed by atoms with Gasteiger partial charge in [0.1, 0.15) is 17.0 Å². The normalized spacial score (nSPS) is 13.9. The maximum Gasteiger partial charge on any atom is 0.143 e. The molecule has 0 radical (unpaired) electrons. The molecule has 1 saturated heterocycles. The maximum absolute atomic E-state index is 4.58. The number of aryl methyl sites for hydroxylation is 2. The lowest BCUT2D eigenvalue weighted by Crippen LogP contribution is -2.17. The average molecular weight is 401 g/mol. The van der Waals surface area contributed by atoms with E-state index in [9.17, 15) is 0 Å². The number of nitrogens with zero attached hydrogens (tertiary/aromatic N) is 3. The third-order valence-electron chi connectivity index (χ3n) is 5.64. The van der Waals surface area contributed by atoms with Gasteiger partial charge in [-0.25, -0.2) is 9.97 Å². The Morgan fingerprint density at radius 2 is 1.72 bits per heavy atom. The van der Waals surface area contributed by atoms with Gasteiger partial charge in [-0.15, -0.1) is 11.3 Å². The second-order valence-corrected chi connectivity index (χ2v) is 8.59. The summed E-state index contributed by atoms with van der Waals surface area (Å²) < 4.78 is 0. The average Bonchev–Trinajstić information content (AvgIpc) is 3.39. The van der Waals surface area contributed by atoms with Crippen molar-refractivity contribution in [2.24, 2.45) is 0 Å². The molecule has 1 aliphatic heterocycles. The minimum atomic E-state index is 0.861. The first-order valence-electron chi connectivity index (χ1n) is 10.1. The van der Waals surface area contributed by atoms with Gasteiger partial charge >= 0.3 is 0 Å². The summed E-state index contributed by atoms with van der Waals surface area (Å²) in [5, 5.41) is 6.81. The summed E-state index contributed by atoms with van der Waals surface area (Å²) >= 11 is 1.67. The van der Waals surface area contributed by atoms with Crippen molar-refractivity contribution in [3.05, 3.63) is 65.3 Å². The Morgan fingerprint density at radius 3 is 2.48 bits per heavy atom. The van der Waals surface area contributed by atoms with Crippen LogP contribution in [-0.4, -0.2) is 23.1 Å². The van der Waals surface area contributed by atoms with Crippen LogP contribution in [0.1, 0.15) is 24.0 Å². The number of nitrogens with one attached hydrogen (secondary N) is 1. The number of hydrogen-bond donors (Lipinski definition) is 1. The van der Waals surface area contributed by atoms with Crippen molar-refractivity contribution < 1.29 is 0 Å². The van der Waals surface area contributed by atoms with Crippen LogP contribution in [0.3, 0.4) is 0 Å². The highest BCUT2D eigenvalue weighted by Crippen LogP contribution is 2.39. The van der Waals surface area contributed by atoms with Gasteiger partial charge in [0.05, 0.1) is 5.39 Å². The zero-order chi connectivity index (χ0) is 19.8. The lowest BCUT2D eigenvalue weighted by atomic mass is 9.99. The van der Waals surface area contributed by atoms with Gasteiger partial charge in [-0.3, -0.25) is 0 Å². The number of aromatic nitrogens is 2. The number of thiophene rings is 1. The third kappa shape index (κ3) is 3.47. The smallest absolute Gasteiger partial charge is 0.143 e. The van der Waals surface area contributed by atoms with Crippen LogP contribution < -0.4 is 10.2 Å². The van der Waals surface area contributed by atoms with Crippen LogP contribution in [0.25, 0.3) is 21.3 Å². The minimum Gasteiger partial charge on any atom is -0.372 e. The van der Waals surface area contributed by atoms with E-state index >= 15 is 0 Å². The zero-order valence-electron chi connectivity index (χ0n) is 16.8. The number of benzene rings is 2. The summed E-state index contributed by atoms with van der Waals surface area (Å²) in [5.41, 5.74) is 7.33. The molecule has 2 aromatic heterocycles. The molecule has 0 unspecified atom stereocenters. The summed E-state index contributed by atoms with van der Waals surface area (Å²) in [6, 6.07) is 15.3. The molecule has 0 bridgehead atoms. The van der Waals surface area contributed by atoms with E-state index in [0.29, 0.717) is 0 Å². The summed E-state index contributed by atoms with van der Waals surface area (Å²) in [7, 11) is 0. The molecule has 0 saturated carbocycles. The molecule has 1 N–H and O–H groups in total. The van der Waals surface area contributed by atoms with Crippen LogP contribution in [0.4, 0.5) is 17.2 Å². The Balaban J connectivity index is 1.51. The van der Waals surface area contributed by atoms with Crippen LogP contribution in [0, 0.1) is 13.8 Å². The van der Waals surface area contributed by atoms with Crippen LogP contribution in [0.2, 0.25) is 0 Å². The van der Waals surface area contributed by atoms with E-state index in [-0.39, 0.29) is 0 Å². The molecule has 5 rings (SSSR count). The Bertz CT molecular complexity index is 1160. The second-order valence-electron chi connectivity index (χ2n) is 7.74. The number of anilines is 3. The van der Waals surface area contributed by atoms with E-state index in [1.54, 1.807) is 17.7 Å². The summed E-state index contributed by atoms with van der Waals surface area (Å²) in [4.78, 5) is 12.5. The van der Waals surface area contributed by atoms with Gasteiger partial charge in [0, 0.05) is 35.4 Å². The number of rotatable bonds is 4. The van der Waals surface area contributed by atoms with Crippen LogP contribution >= 0.6 is 11.3 Å². The van der Waals surface area contributed by atoms with Gasteiger partial charge in [0.15, 0.2) is 0 Å². The Kier molecular flexibility index (Phi) is 4.68. The monoisotopic (exact) mass is 400 g/mol. The SMILES string of the molecule is Cc1ccc(-c2csc3ncnc(Nc4ccc(N5CCCC5)cc4)c23)c(C)c1. The van der Waals surface area contributed by atoms with Gasteiger partial charge < -0.3 is 10.2 Å². The standard InChI is InChI=1S/C24H24N4S/c1-16-5-10-20(17(2)13-16)21-14-29-24-22(21)23(25-15-26-24)27-18-6-8-19(9-7-18)28-11-3-4-12-28/h5-10,13-15H,3-4,11-12H2,1-2H3,(H,25,26,27). The van der Waals surface area contributed by atoms with Gasteiger partial charge in [0.25, 0.3) is 0 Å². The molecule has 4 nitrogen and oxygen atoms in total. The number of fused-ring (bicyclic) bond motifs is 1. The van der Waals surface area contributed by atoms with Crippen molar-refractivity contribution in [2.75, 3.05) is 23.3 Å². The molecular formula is C24H24N4S. The van der Waals surface area contributed by atoms with E-state index in [4.69, 9.17) is 0 Å². The molecule has 3 heterocycles. The van der Waals surface area contributed by atoms with Crippen molar-refractivity contribution in [3.63, 3.8) is 0 Å². The molecule has 146 valence electrons. The zero-order valence-corrected chi connectivity index (χ0v) is 17.6. The lowest BCUT2D eigenvalue weighted by molar-refractivity contribution is 0.949. The fourth-order valence-corrected chi connectivity index (χ4v) is 5.06. The second kappa shape index (κ2) is 7.48. The first-order valence-corrected chi connectivity index (χ1v) is 11.0. The molecule has 5 heteroatoms. The van der Waals surface area contributed by atoms with Gasteiger partial charge in [-0.1, -0.05) is 23.8 Å². The van der Waals surface area contributed by atoms with Crippen LogP contribution in [0.15, 0.2) is 54.2 Å². The quantitative estimate of drug-likeness (QED) is 0.435. The summed E-state index contributed by atoms with van der Waals surface area (Å²) in [6.45, 7) is 6.62. The molecule has 1 aliphatic rings. The van der Waals surface area contributed by atoms with E-state index in [1.807, 2.05) is 0 Å². The van der Waals surface area contributed by atoms with Crippen molar-refractivity contribution in [2.45, 2.75) is 26.7 Å². The van der Waals surface area contributed by atoms with Gasteiger partial charge in [0.2, 0.25) is 0 Å². The Morgan fingerprint density at radius 1 is 0.931 bits per heavy atom. The fraction of sp³-hybridized carbons (Fsp3) is 0.250. The molecule has 4 aromatic rings. The van der Waals surface area contributed by atoms with Gasteiger partial charge in [-0.2, -0.15) is 0 Å². The van der Waals surface area contributed by atoms with E-state index in [1.165, 1.54) is 40.8 Å². The van der Waals surface area contributed by atoms with Crippen molar-refractivity contribution in [1.82, 2.24) is 9.97 Å². The largest absolute Gasteiger partial charge is 0.372 e. The minimum absolute atomic E-state index is 0.861. The highest BCUT2D eigenvalue weighted by atomic mass is 32.1. The van der Waals surface area contributed by atoms with Crippen molar-refractivity contribution in [1.29, 1.82) is 0 Å². The van der Waals surface area contributed by atoms with E-state index in [2.05, 4.69) is 81.9 Å². The summed E-state index contributed by atoms with van der Waals surface area (Å²) in [6.07, 6.45) is 4.22. The first-order chi connectivity index (χ1) is 14.2. The molecule has 2 aromatic carbocycles. The molecular weight excluding hydrogens is 376 g/mol. The number of hydrogen-bond acceptors (Lipinski definition) is 5. The maximum atomic E-state index is 4.58. The fourth-order valence-electron chi connectivity index (χ4n) is 4.15. The molecule has 0 spiro atoms. The van der Waals surface area contributed by atoms with Gasteiger partial charge in [-0.05, 0) is 62.1 Å². The predicted octanol–water partition coefficient (Wildman–Crippen LogP) is 6.32.